The number of nitrogens with one attached hydrogen (secondary N) is 1. The van der Waals surface area contributed by atoms with Crippen LogP contribution < -0.4 is 5.32 Å². The number of methoxy groups -OCH3 is 1. The molecule has 2 aromatic heterocycles. The van der Waals surface area contributed by atoms with Gasteiger partial charge in [-0.25, -0.2) is 4.68 Å². The summed E-state index contributed by atoms with van der Waals surface area (Å²) in [6.45, 7) is 4.34. The van der Waals surface area contributed by atoms with Gasteiger partial charge in [-0.15, -0.1) is 0 Å². The molecule has 3 rings (SSSR count). The van der Waals surface area contributed by atoms with E-state index in [0.717, 1.165) is 49.7 Å². The van der Waals surface area contributed by atoms with Crippen LogP contribution in [0.1, 0.15) is 5.56 Å². The molecule has 142 valence electrons. The van der Waals surface area contributed by atoms with E-state index in [-0.39, 0.29) is 0 Å². The van der Waals surface area contributed by atoms with Crippen molar-refractivity contribution < 1.29 is 4.74 Å². The molecule has 0 unspecified atom stereocenters. The number of ether oxygens (including phenoxy) is 1. The highest BCUT2D eigenvalue weighted by atomic mass is 16.5. The van der Waals surface area contributed by atoms with Crippen LogP contribution in [0.3, 0.4) is 0 Å². The molecule has 0 saturated carbocycles. The molecule has 1 aromatic carbocycles. The van der Waals surface area contributed by atoms with Crippen LogP contribution in [0.2, 0.25) is 0 Å². The van der Waals surface area contributed by atoms with E-state index in [1.54, 1.807) is 19.5 Å². The number of likely N-dealkylation sites (N-methyl/N-ethyl adjacent to an activating group) is 1. The first-order valence-corrected chi connectivity index (χ1v) is 9.20. The van der Waals surface area contributed by atoms with Crippen molar-refractivity contribution in [2.45, 2.75) is 6.54 Å². The van der Waals surface area contributed by atoms with Crippen molar-refractivity contribution in [3.05, 3.63) is 66.6 Å². The van der Waals surface area contributed by atoms with E-state index in [2.05, 4.69) is 40.6 Å². The van der Waals surface area contributed by atoms with Crippen LogP contribution in [0.15, 0.2) is 61.1 Å². The highest BCUT2D eigenvalue weighted by molar-refractivity contribution is 5.62. The van der Waals surface area contributed by atoms with Gasteiger partial charge in [0, 0.05) is 63.0 Å². The summed E-state index contributed by atoms with van der Waals surface area (Å²) >= 11 is 0. The van der Waals surface area contributed by atoms with E-state index >= 15 is 0 Å². The van der Waals surface area contributed by atoms with Gasteiger partial charge in [0.05, 0.1) is 18.0 Å². The Morgan fingerprint density at radius 3 is 2.59 bits per heavy atom. The fourth-order valence-electron chi connectivity index (χ4n) is 2.86. The molecule has 27 heavy (non-hydrogen) atoms. The zero-order valence-corrected chi connectivity index (χ0v) is 16.0. The molecule has 6 nitrogen and oxygen atoms in total. The normalized spacial score (nSPS) is 11.2. The lowest BCUT2D eigenvalue weighted by Gasteiger charge is -2.16. The van der Waals surface area contributed by atoms with Gasteiger partial charge < -0.3 is 15.0 Å². The molecule has 0 saturated heterocycles. The summed E-state index contributed by atoms with van der Waals surface area (Å²) in [5.74, 6) is 0. The Morgan fingerprint density at radius 2 is 1.85 bits per heavy atom. The third kappa shape index (κ3) is 5.47. The number of nitrogens with zero attached hydrogens (tertiary/aromatic N) is 4. The van der Waals surface area contributed by atoms with Crippen LogP contribution in [-0.4, -0.2) is 60.1 Å². The van der Waals surface area contributed by atoms with Gasteiger partial charge in [-0.2, -0.15) is 5.10 Å². The molecule has 0 fully saturated rings. The molecule has 1 N–H and O–H groups in total. The Hall–Kier alpha value is -2.54. The average Bonchev–Trinajstić information content (AvgIpc) is 3.15. The Bertz CT molecular complexity index is 804. The summed E-state index contributed by atoms with van der Waals surface area (Å²) in [6, 6.07) is 14.2. The molecule has 6 heteroatoms. The Morgan fingerprint density at radius 1 is 1.07 bits per heavy atom. The maximum Gasteiger partial charge on any atom is 0.0973 e. The van der Waals surface area contributed by atoms with Crippen molar-refractivity contribution in [2.24, 2.45) is 0 Å². The fourth-order valence-corrected chi connectivity index (χ4v) is 2.86. The highest BCUT2D eigenvalue weighted by Crippen LogP contribution is 2.23. The highest BCUT2D eigenvalue weighted by Gasteiger charge is 2.12. The van der Waals surface area contributed by atoms with Crippen molar-refractivity contribution in [3.63, 3.8) is 0 Å². The first-order valence-electron chi connectivity index (χ1n) is 9.20. The molecule has 0 aliphatic rings. The van der Waals surface area contributed by atoms with E-state index in [9.17, 15) is 0 Å². The second-order valence-corrected chi connectivity index (χ2v) is 6.49. The molecule has 0 radical (unpaired) electrons. The van der Waals surface area contributed by atoms with Gasteiger partial charge in [0.25, 0.3) is 0 Å². The lowest BCUT2D eigenvalue weighted by Crippen LogP contribution is -2.31. The largest absolute Gasteiger partial charge is 0.383 e. The van der Waals surface area contributed by atoms with E-state index < -0.39 is 0 Å². The zero-order valence-electron chi connectivity index (χ0n) is 16.0. The lowest BCUT2D eigenvalue weighted by molar-refractivity contribution is 0.161. The Labute approximate surface area is 160 Å². The SMILES string of the molecule is COCCN(C)CCNCc1cn(-c2ccccc2)nc1-c1ccncc1. The van der Waals surface area contributed by atoms with Gasteiger partial charge in [-0.05, 0) is 31.3 Å². The molecule has 0 aliphatic heterocycles. The smallest absolute Gasteiger partial charge is 0.0973 e. The zero-order chi connectivity index (χ0) is 18.9. The minimum atomic E-state index is 0.756. The van der Waals surface area contributed by atoms with Gasteiger partial charge in [0.2, 0.25) is 0 Å². The molecule has 0 amide bonds. The fraction of sp³-hybridized carbons (Fsp3) is 0.333. The molecule has 2 heterocycles. The van der Waals surface area contributed by atoms with Crippen molar-refractivity contribution >= 4 is 0 Å². The van der Waals surface area contributed by atoms with Crippen molar-refractivity contribution in [1.82, 2.24) is 25.0 Å². The van der Waals surface area contributed by atoms with Crippen LogP contribution >= 0.6 is 0 Å². The van der Waals surface area contributed by atoms with E-state index in [1.165, 1.54) is 5.56 Å². The van der Waals surface area contributed by atoms with Crippen molar-refractivity contribution in [3.8, 4) is 16.9 Å². The predicted octanol–water partition coefficient (Wildman–Crippen LogP) is 2.60. The molecule has 0 aliphatic carbocycles. The van der Waals surface area contributed by atoms with Crippen LogP contribution in [0.4, 0.5) is 0 Å². The van der Waals surface area contributed by atoms with Gasteiger partial charge in [-0.1, -0.05) is 18.2 Å². The Balaban J connectivity index is 1.70. The third-order valence-electron chi connectivity index (χ3n) is 4.43. The summed E-state index contributed by atoms with van der Waals surface area (Å²) in [6.07, 6.45) is 5.71. The number of hydrogen-bond donors (Lipinski definition) is 1. The minimum absolute atomic E-state index is 0.756. The first-order chi connectivity index (χ1) is 13.3. The van der Waals surface area contributed by atoms with Gasteiger partial charge in [-0.3, -0.25) is 4.98 Å². The van der Waals surface area contributed by atoms with Gasteiger partial charge >= 0.3 is 0 Å². The summed E-state index contributed by atoms with van der Waals surface area (Å²) < 4.78 is 7.06. The lowest BCUT2D eigenvalue weighted by atomic mass is 10.1. The molecular weight excluding hydrogens is 338 g/mol. The molecule has 0 atom stereocenters. The standard InChI is InChI=1S/C21H27N5O/c1-25(14-15-27-2)13-12-23-16-19-17-26(20-6-4-3-5-7-20)24-21(19)18-8-10-22-11-9-18/h3-11,17,23H,12-16H2,1-2H3. The summed E-state index contributed by atoms with van der Waals surface area (Å²) in [5, 5.41) is 8.36. The predicted molar refractivity (Wildman–Crippen MR) is 108 cm³/mol. The quantitative estimate of drug-likeness (QED) is 0.560. The molecule has 3 aromatic rings. The minimum Gasteiger partial charge on any atom is -0.383 e. The molecular formula is C21H27N5O. The van der Waals surface area contributed by atoms with Crippen LogP contribution in [0, 0.1) is 0 Å². The monoisotopic (exact) mass is 365 g/mol. The molecule has 0 bridgehead atoms. The first kappa shape index (κ1) is 19.2. The van der Waals surface area contributed by atoms with E-state index in [1.807, 2.05) is 35.0 Å². The number of para-hydroxylation sites is 1. The maximum absolute atomic E-state index is 5.12. The van der Waals surface area contributed by atoms with Crippen LogP contribution in [0.5, 0.6) is 0 Å². The number of hydrogen-bond acceptors (Lipinski definition) is 5. The number of pyridine rings is 1. The summed E-state index contributed by atoms with van der Waals surface area (Å²) in [5.41, 5.74) is 4.29. The molecule has 0 spiro atoms. The number of benzene rings is 1. The second kappa shape index (κ2) is 9.97. The second-order valence-electron chi connectivity index (χ2n) is 6.49. The summed E-state index contributed by atoms with van der Waals surface area (Å²) in [4.78, 5) is 6.38. The van der Waals surface area contributed by atoms with Gasteiger partial charge in [0.1, 0.15) is 0 Å². The number of rotatable bonds is 10. The van der Waals surface area contributed by atoms with Crippen LogP contribution in [0.25, 0.3) is 16.9 Å². The third-order valence-corrected chi connectivity index (χ3v) is 4.43. The van der Waals surface area contributed by atoms with E-state index in [0.29, 0.717) is 0 Å². The van der Waals surface area contributed by atoms with Crippen molar-refractivity contribution in [2.75, 3.05) is 40.4 Å². The van der Waals surface area contributed by atoms with Crippen LogP contribution in [-0.2, 0) is 11.3 Å². The summed E-state index contributed by atoms with van der Waals surface area (Å²) in [7, 11) is 3.84. The maximum atomic E-state index is 5.12. The van der Waals surface area contributed by atoms with Crippen molar-refractivity contribution in [1.29, 1.82) is 0 Å². The Kier molecular flexibility index (Phi) is 7.10. The number of aromatic nitrogens is 3. The van der Waals surface area contributed by atoms with Gasteiger partial charge in [0.15, 0.2) is 0 Å². The average molecular weight is 365 g/mol. The van der Waals surface area contributed by atoms with E-state index in [4.69, 9.17) is 9.84 Å². The topological polar surface area (TPSA) is 55.2 Å².